The number of benzene rings is 1. The highest BCUT2D eigenvalue weighted by Gasteiger charge is 2.28. The van der Waals surface area contributed by atoms with Crippen molar-refractivity contribution in [1.29, 1.82) is 0 Å². The molecule has 0 amide bonds. The maximum absolute atomic E-state index is 12.1. The van der Waals surface area contributed by atoms with Crippen LogP contribution in [0.1, 0.15) is 43.9 Å². The number of furan rings is 1. The highest BCUT2D eigenvalue weighted by Crippen LogP contribution is 2.41. The SMILES string of the molecule is C/C=S(\N)c1c(Cl)ccc(NC2=NS(=O)N=C2N[C@@H](c2cc(C)c(C)o2)C(C)C)c1O. The summed E-state index contributed by atoms with van der Waals surface area (Å²) in [5.41, 5.74) is 1.39. The lowest BCUT2D eigenvalue weighted by molar-refractivity contribution is 0.369. The van der Waals surface area contributed by atoms with Crippen LogP contribution in [0, 0.1) is 19.8 Å². The van der Waals surface area contributed by atoms with Crippen molar-refractivity contribution in [2.45, 2.75) is 45.6 Å². The van der Waals surface area contributed by atoms with E-state index in [0.29, 0.717) is 21.4 Å². The predicted octanol–water partition coefficient (Wildman–Crippen LogP) is 4.37. The third-order valence-corrected chi connectivity index (χ3v) is 7.34. The number of phenolic OH excluding ortho intramolecular Hbond substituents is 1. The van der Waals surface area contributed by atoms with Gasteiger partial charge in [-0.15, -0.1) is 8.80 Å². The van der Waals surface area contributed by atoms with Crippen LogP contribution in [0.2, 0.25) is 5.02 Å². The summed E-state index contributed by atoms with van der Waals surface area (Å²) in [5.74, 6) is 2.21. The quantitative estimate of drug-likeness (QED) is 0.369. The summed E-state index contributed by atoms with van der Waals surface area (Å²) in [4.78, 5) is 0.418. The van der Waals surface area contributed by atoms with E-state index in [9.17, 15) is 9.32 Å². The lowest BCUT2D eigenvalue weighted by Gasteiger charge is -2.22. The molecule has 2 heterocycles. The van der Waals surface area contributed by atoms with Crippen LogP contribution in [-0.4, -0.2) is 26.4 Å². The minimum absolute atomic E-state index is 0.0890. The summed E-state index contributed by atoms with van der Waals surface area (Å²) in [5, 5.41) is 25.2. The fourth-order valence-electron chi connectivity index (χ4n) is 3.03. The zero-order valence-electron chi connectivity index (χ0n) is 17.9. The van der Waals surface area contributed by atoms with Crippen LogP contribution in [0.25, 0.3) is 0 Å². The van der Waals surface area contributed by atoms with Crippen molar-refractivity contribution in [1.82, 2.24) is 5.32 Å². The molecule has 3 rings (SSSR count). The molecule has 1 aliphatic heterocycles. The van der Waals surface area contributed by atoms with Crippen molar-refractivity contribution >= 4 is 56.2 Å². The summed E-state index contributed by atoms with van der Waals surface area (Å²) in [6.07, 6.45) is 0. The molecule has 3 atom stereocenters. The first kappa shape index (κ1) is 23.5. The topological polar surface area (TPSA) is 125 Å². The van der Waals surface area contributed by atoms with Crippen molar-refractivity contribution in [2.24, 2.45) is 19.9 Å². The maximum Gasteiger partial charge on any atom is 0.269 e. The smallest absolute Gasteiger partial charge is 0.269 e. The number of phenols is 1. The molecule has 2 unspecified atom stereocenters. The molecule has 31 heavy (non-hydrogen) atoms. The fourth-order valence-corrected chi connectivity index (χ4v) is 4.93. The van der Waals surface area contributed by atoms with E-state index in [1.807, 2.05) is 33.8 Å². The summed E-state index contributed by atoms with van der Waals surface area (Å²) in [6.45, 7) is 9.77. The highest BCUT2D eigenvalue weighted by atomic mass is 35.5. The molecule has 5 N–H and O–H groups in total. The Hall–Kier alpha value is -2.14. The number of hydrogen-bond acceptors (Lipinski definition) is 6. The zero-order valence-corrected chi connectivity index (χ0v) is 20.3. The molecule has 0 aliphatic carbocycles. The number of aromatic hydroxyl groups is 1. The Bertz CT molecular complexity index is 1100. The summed E-state index contributed by atoms with van der Waals surface area (Å²) in [7, 11) is -0.838. The molecule has 168 valence electrons. The molecule has 8 nitrogen and oxygen atoms in total. The largest absolute Gasteiger partial charge is 0.505 e. The van der Waals surface area contributed by atoms with E-state index in [0.717, 1.165) is 17.1 Å². The molecule has 0 radical (unpaired) electrons. The summed E-state index contributed by atoms with van der Waals surface area (Å²) < 4.78 is 26.1. The fraction of sp³-hybridized carbons (Fsp3) is 0.350. The third kappa shape index (κ3) is 5.03. The van der Waals surface area contributed by atoms with E-state index in [1.54, 1.807) is 24.4 Å². The monoisotopic (exact) mass is 483 g/mol. The van der Waals surface area contributed by atoms with Gasteiger partial charge in [0.25, 0.3) is 11.2 Å². The van der Waals surface area contributed by atoms with Crippen LogP contribution in [-0.2, 0) is 11.2 Å². The van der Waals surface area contributed by atoms with Crippen LogP contribution in [0.3, 0.4) is 0 Å². The Kier molecular flexibility index (Phi) is 7.25. The maximum atomic E-state index is 12.1. The first-order valence-electron chi connectivity index (χ1n) is 9.61. The van der Waals surface area contributed by atoms with Crippen molar-refractivity contribution in [3.8, 4) is 5.75 Å². The summed E-state index contributed by atoms with van der Waals surface area (Å²) >= 11 is 4.44. The zero-order chi connectivity index (χ0) is 22.9. The van der Waals surface area contributed by atoms with Crippen molar-refractivity contribution < 1.29 is 13.7 Å². The predicted molar refractivity (Wildman–Crippen MR) is 130 cm³/mol. The molecule has 2 aromatic rings. The molecule has 0 saturated carbocycles. The van der Waals surface area contributed by atoms with Gasteiger partial charge in [0.2, 0.25) is 0 Å². The molecule has 0 fully saturated rings. The normalized spacial score (nSPS) is 18.1. The number of nitrogens with zero attached hydrogens (tertiary/aromatic N) is 2. The molecule has 0 saturated heterocycles. The van der Waals surface area contributed by atoms with Gasteiger partial charge in [-0.05, 0) is 55.8 Å². The number of halogens is 1. The van der Waals surface area contributed by atoms with Crippen LogP contribution >= 0.6 is 22.3 Å². The van der Waals surface area contributed by atoms with Crippen LogP contribution in [0.15, 0.2) is 36.3 Å². The van der Waals surface area contributed by atoms with Crippen molar-refractivity contribution in [2.75, 3.05) is 5.32 Å². The van der Waals surface area contributed by atoms with Gasteiger partial charge in [0.1, 0.15) is 11.5 Å². The number of nitrogens with two attached hydrogens (primary N) is 1. The van der Waals surface area contributed by atoms with Crippen LogP contribution in [0.4, 0.5) is 5.69 Å². The second-order valence-corrected chi connectivity index (χ2v) is 10.2. The lowest BCUT2D eigenvalue weighted by Crippen LogP contribution is -2.38. The molecule has 0 bridgehead atoms. The van der Waals surface area contributed by atoms with E-state index in [-0.39, 0.29) is 23.5 Å². The number of anilines is 1. The van der Waals surface area contributed by atoms with Crippen LogP contribution in [0.5, 0.6) is 5.75 Å². The molecular formula is C20H26ClN5O3S2. The van der Waals surface area contributed by atoms with E-state index < -0.39 is 21.8 Å². The van der Waals surface area contributed by atoms with Gasteiger partial charge >= 0.3 is 0 Å². The number of amidine groups is 2. The first-order valence-corrected chi connectivity index (χ1v) is 12.4. The number of aryl methyl sites for hydroxylation is 2. The highest BCUT2D eigenvalue weighted by molar-refractivity contribution is 8.13. The standard InChI is InChI=1S/C20H26ClN5O3S2/c1-6-30(22)18-13(21)7-8-14(17(18)27)23-19-20(26-31(28)25-19)24-16(10(2)3)15-9-11(4)12(5)29-15/h6-10,16,27H,22H2,1-5H3,(H,23,25)(H,24,26)/t16-,30?,31?/m1/s1. The molecule has 0 spiro atoms. The van der Waals surface area contributed by atoms with Gasteiger partial charge in [-0.3, -0.25) is 5.14 Å². The Labute approximate surface area is 191 Å². The van der Waals surface area contributed by atoms with E-state index >= 15 is 0 Å². The van der Waals surface area contributed by atoms with Gasteiger partial charge in [0.05, 0.1) is 21.6 Å². The van der Waals surface area contributed by atoms with Gasteiger partial charge in [-0.25, -0.2) is 4.21 Å². The van der Waals surface area contributed by atoms with Gasteiger partial charge < -0.3 is 20.2 Å². The van der Waals surface area contributed by atoms with Gasteiger partial charge in [-0.2, -0.15) is 0 Å². The number of hydrogen-bond donors (Lipinski definition) is 4. The number of nitrogens with one attached hydrogen (secondary N) is 2. The lowest BCUT2D eigenvalue weighted by atomic mass is 10.0. The van der Waals surface area contributed by atoms with Crippen molar-refractivity contribution in [3.05, 3.63) is 40.3 Å². The minimum atomic E-state index is -1.79. The summed E-state index contributed by atoms with van der Waals surface area (Å²) in [6, 6.07) is 5.00. The minimum Gasteiger partial charge on any atom is -0.505 e. The van der Waals surface area contributed by atoms with Crippen molar-refractivity contribution in [3.63, 3.8) is 0 Å². The second kappa shape index (κ2) is 9.56. The van der Waals surface area contributed by atoms with E-state index in [2.05, 4.69) is 19.4 Å². The van der Waals surface area contributed by atoms with Crippen LogP contribution < -0.4 is 15.8 Å². The van der Waals surface area contributed by atoms with Gasteiger partial charge in [0, 0.05) is 0 Å². The second-order valence-electron chi connectivity index (χ2n) is 7.37. The molecular weight excluding hydrogens is 458 g/mol. The Balaban J connectivity index is 1.90. The first-order chi connectivity index (χ1) is 14.6. The molecule has 1 aromatic heterocycles. The molecule has 1 aromatic carbocycles. The average molecular weight is 484 g/mol. The molecule has 1 aliphatic rings. The Morgan fingerprint density at radius 1 is 1.29 bits per heavy atom. The Morgan fingerprint density at radius 2 is 1.97 bits per heavy atom. The number of rotatable bonds is 5. The van der Waals surface area contributed by atoms with Gasteiger partial charge in [0.15, 0.2) is 17.4 Å². The van der Waals surface area contributed by atoms with Gasteiger partial charge in [-0.1, -0.05) is 36.1 Å². The molecule has 11 heteroatoms. The Morgan fingerprint density at radius 3 is 2.55 bits per heavy atom. The average Bonchev–Trinajstić information content (AvgIpc) is 3.22. The van der Waals surface area contributed by atoms with E-state index in [1.165, 1.54) is 0 Å². The van der Waals surface area contributed by atoms with E-state index in [4.69, 9.17) is 21.2 Å². The third-order valence-electron chi connectivity index (χ3n) is 4.84.